The zero-order valence-corrected chi connectivity index (χ0v) is 15.2. The second-order valence-electron chi connectivity index (χ2n) is 5.05. The highest BCUT2D eigenvalue weighted by atomic mass is 16.5. The normalized spacial score (nSPS) is 10.6. The quantitative estimate of drug-likeness (QED) is 0.551. The van der Waals surface area contributed by atoms with Crippen molar-refractivity contribution >= 4 is 12.1 Å². The molecule has 0 atom stereocenters. The number of rotatable bonds is 9. The van der Waals surface area contributed by atoms with Crippen molar-refractivity contribution in [2.75, 3.05) is 19.8 Å². The molecule has 0 fully saturated rings. The SMILES string of the molecule is CCOc1cc(C(=O)N/N=C/c2ccccn2)cc(OCC)c1OCC. The number of carbonyl (C=O) groups is 1. The molecule has 26 heavy (non-hydrogen) atoms. The zero-order chi connectivity index (χ0) is 18.8. The number of hydrogen-bond acceptors (Lipinski definition) is 6. The lowest BCUT2D eigenvalue weighted by atomic mass is 10.1. The van der Waals surface area contributed by atoms with Crippen LogP contribution in [0.3, 0.4) is 0 Å². The monoisotopic (exact) mass is 357 g/mol. The van der Waals surface area contributed by atoms with Crippen molar-refractivity contribution in [2.45, 2.75) is 20.8 Å². The van der Waals surface area contributed by atoms with Gasteiger partial charge in [-0.2, -0.15) is 5.10 Å². The Bertz CT molecular complexity index is 721. The molecule has 1 aromatic heterocycles. The first-order chi connectivity index (χ1) is 12.7. The summed E-state index contributed by atoms with van der Waals surface area (Å²) in [5.74, 6) is 1.02. The first kappa shape index (κ1) is 19.2. The van der Waals surface area contributed by atoms with Gasteiger partial charge in [-0.1, -0.05) is 6.07 Å². The van der Waals surface area contributed by atoms with E-state index in [1.807, 2.05) is 26.8 Å². The highest BCUT2D eigenvalue weighted by molar-refractivity contribution is 5.96. The third-order valence-electron chi connectivity index (χ3n) is 3.22. The standard InChI is InChI=1S/C19H23N3O4/c1-4-24-16-11-14(12-17(25-5-2)18(16)26-6-3)19(23)22-21-13-15-9-7-8-10-20-15/h7-13H,4-6H2,1-3H3,(H,22,23)/b21-13+. The Hall–Kier alpha value is -3.09. The summed E-state index contributed by atoms with van der Waals surface area (Å²) in [5, 5.41) is 3.93. The average Bonchev–Trinajstić information content (AvgIpc) is 2.65. The lowest BCUT2D eigenvalue weighted by Gasteiger charge is -2.16. The third kappa shape index (κ3) is 5.20. The fourth-order valence-corrected chi connectivity index (χ4v) is 2.19. The maximum Gasteiger partial charge on any atom is 0.271 e. The number of amides is 1. The topological polar surface area (TPSA) is 82.0 Å². The molecule has 7 nitrogen and oxygen atoms in total. The minimum atomic E-state index is -0.387. The minimum Gasteiger partial charge on any atom is -0.490 e. The summed E-state index contributed by atoms with van der Waals surface area (Å²) in [6.45, 7) is 6.93. The first-order valence-corrected chi connectivity index (χ1v) is 8.50. The number of aromatic nitrogens is 1. The van der Waals surface area contributed by atoms with Crippen molar-refractivity contribution in [2.24, 2.45) is 5.10 Å². The second kappa shape index (κ2) is 10.0. The number of pyridine rings is 1. The van der Waals surface area contributed by atoms with Crippen molar-refractivity contribution in [3.05, 3.63) is 47.8 Å². The molecule has 1 N–H and O–H groups in total. The van der Waals surface area contributed by atoms with Gasteiger partial charge >= 0.3 is 0 Å². The summed E-state index contributed by atoms with van der Waals surface area (Å²) in [4.78, 5) is 16.5. The molecule has 1 aromatic carbocycles. The molecule has 0 unspecified atom stereocenters. The molecule has 0 spiro atoms. The molecular weight excluding hydrogens is 334 g/mol. The summed E-state index contributed by atoms with van der Waals surface area (Å²) in [5.41, 5.74) is 3.48. The van der Waals surface area contributed by atoms with Crippen LogP contribution in [0.4, 0.5) is 0 Å². The second-order valence-corrected chi connectivity index (χ2v) is 5.05. The fraction of sp³-hybridized carbons (Fsp3) is 0.316. The minimum absolute atomic E-state index is 0.360. The van der Waals surface area contributed by atoms with Crippen molar-refractivity contribution in [1.82, 2.24) is 10.4 Å². The van der Waals surface area contributed by atoms with Crippen LogP contribution in [0.15, 0.2) is 41.6 Å². The molecule has 1 amide bonds. The van der Waals surface area contributed by atoms with E-state index in [2.05, 4.69) is 15.5 Å². The van der Waals surface area contributed by atoms with E-state index in [-0.39, 0.29) is 5.91 Å². The maximum absolute atomic E-state index is 12.4. The zero-order valence-electron chi connectivity index (χ0n) is 15.2. The lowest BCUT2D eigenvalue weighted by Crippen LogP contribution is -2.18. The van der Waals surface area contributed by atoms with Crippen LogP contribution in [-0.4, -0.2) is 36.9 Å². The first-order valence-electron chi connectivity index (χ1n) is 8.50. The molecule has 7 heteroatoms. The Morgan fingerprint density at radius 3 is 2.27 bits per heavy atom. The highest BCUT2D eigenvalue weighted by Gasteiger charge is 2.18. The molecule has 2 aromatic rings. The van der Waals surface area contributed by atoms with Crippen molar-refractivity contribution in [3.8, 4) is 17.2 Å². The molecule has 0 saturated heterocycles. The van der Waals surface area contributed by atoms with Gasteiger partial charge in [0, 0.05) is 11.8 Å². The number of hydrogen-bond donors (Lipinski definition) is 1. The van der Waals surface area contributed by atoms with Crippen LogP contribution in [0.5, 0.6) is 17.2 Å². The number of benzene rings is 1. The molecule has 1 heterocycles. The van der Waals surface area contributed by atoms with Gasteiger partial charge < -0.3 is 14.2 Å². The van der Waals surface area contributed by atoms with Crippen LogP contribution in [0.25, 0.3) is 0 Å². The summed E-state index contributed by atoms with van der Waals surface area (Å²) in [6.07, 6.45) is 3.12. The van der Waals surface area contributed by atoms with Gasteiger partial charge in [0.1, 0.15) is 0 Å². The predicted molar refractivity (Wildman–Crippen MR) is 99.2 cm³/mol. The highest BCUT2D eigenvalue weighted by Crippen LogP contribution is 2.39. The molecule has 2 rings (SSSR count). The Morgan fingerprint density at radius 2 is 1.73 bits per heavy atom. The van der Waals surface area contributed by atoms with E-state index in [9.17, 15) is 4.79 Å². The van der Waals surface area contributed by atoms with Crippen molar-refractivity contribution in [1.29, 1.82) is 0 Å². The molecule has 0 aliphatic rings. The summed E-state index contributed by atoms with van der Waals surface area (Å²) in [6, 6.07) is 8.66. The number of hydrazone groups is 1. The number of ether oxygens (including phenoxy) is 3. The van der Waals surface area contributed by atoms with Gasteiger partial charge in [0.05, 0.1) is 31.7 Å². The number of nitrogens with one attached hydrogen (secondary N) is 1. The van der Waals surface area contributed by atoms with E-state index in [1.165, 1.54) is 6.21 Å². The summed E-state index contributed by atoms with van der Waals surface area (Å²) < 4.78 is 16.8. The molecule has 0 radical (unpaired) electrons. The number of carbonyl (C=O) groups excluding carboxylic acids is 1. The molecule has 0 bridgehead atoms. The van der Waals surface area contributed by atoms with Crippen LogP contribution in [0, 0.1) is 0 Å². The van der Waals surface area contributed by atoms with Crippen LogP contribution >= 0.6 is 0 Å². The van der Waals surface area contributed by atoms with Crippen molar-refractivity contribution < 1.29 is 19.0 Å². The van der Waals surface area contributed by atoms with E-state index in [1.54, 1.807) is 30.5 Å². The van der Waals surface area contributed by atoms with Crippen LogP contribution < -0.4 is 19.6 Å². The number of nitrogens with zero attached hydrogens (tertiary/aromatic N) is 2. The largest absolute Gasteiger partial charge is 0.490 e. The molecule has 0 aliphatic heterocycles. The van der Waals surface area contributed by atoms with Crippen LogP contribution in [0.1, 0.15) is 36.8 Å². The maximum atomic E-state index is 12.4. The third-order valence-corrected chi connectivity index (χ3v) is 3.22. The molecule has 138 valence electrons. The van der Waals surface area contributed by atoms with E-state index in [0.717, 1.165) is 0 Å². The van der Waals surface area contributed by atoms with Gasteiger partial charge in [0.25, 0.3) is 5.91 Å². The Kier molecular flexibility index (Phi) is 7.42. The molecule has 0 saturated carbocycles. The molecule has 0 aliphatic carbocycles. The van der Waals surface area contributed by atoms with E-state index < -0.39 is 0 Å². The molecular formula is C19H23N3O4. The van der Waals surface area contributed by atoms with E-state index in [0.29, 0.717) is 48.3 Å². The van der Waals surface area contributed by atoms with Gasteiger partial charge in [-0.05, 0) is 45.0 Å². The van der Waals surface area contributed by atoms with Gasteiger partial charge in [-0.15, -0.1) is 0 Å². The Balaban J connectivity index is 2.23. The van der Waals surface area contributed by atoms with Gasteiger partial charge in [-0.25, -0.2) is 5.43 Å². The smallest absolute Gasteiger partial charge is 0.271 e. The average molecular weight is 357 g/mol. The Morgan fingerprint density at radius 1 is 1.08 bits per heavy atom. The fourth-order valence-electron chi connectivity index (χ4n) is 2.19. The van der Waals surface area contributed by atoms with E-state index in [4.69, 9.17) is 14.2 Å². The van der Waals surface area contributed by atoms with Gasteiger partial charge in [-0.3, -0.25) is 9.78 Å². The van der Waals surface area contributed by atoms with Crippen LogP contribution in [0.2, 0.25) is 0 Å². The lowest BCUT2D eigenvalue weighted by molar-refractivity contribution is 0.0954. The van der Waals surface area contributed by atoms with Crippen LogP contribution in [-0.2, 0) is 0 Å². The summed E-state index contributed by atoms with van der Waals surface area (Å²) >= 11 is 0. The van der Waals surface area contributed by atoms with Crippen molar-refractivity contribution in [3.63, 3.8) is 0 Å². The predicted octanol–water partition coefficient (Wildman–Crippen LogP) is 3.04. The Labute approximate surface area is 153 Å². The summed E-state index contributed by atoms with van der Waals surface area (Å²) in [7, 11) is 0. The van der Waals surface area contributed by atoms with Gasteiger partial charge in [0.15, 0.2) is 11.5 Å². The van der Waals surface area contributed by atoms with E-state index >= 15 is 0 Å². The van der Waals surface area contributed by atoms with Gasteiger partial charge in [0.2, 0.25) is 5.75 Å².